The lowest BCUT2D eigenvalue weighted by Crippen LogP contribution is -2.01. The Morgan fingerprint density at radius 3 is 2.57 bits per heavy atom. The van der Waals surface area contributed by atoms with E-state index in [1.165, 1.54) is 20.1 Å². The third-order valence-corrected chi connectivity index (χ3v) is 1.94. The molecule has 74 valence electrons. The molecule has 1 aromatic carbocycles. The first-order valence-electron chi connectivity index (χ1n) is 4.03. The zero-order chi connectivity index (χ0) is 10.7. The first kappa shape index (κ1) is 10.5. The Bertz CT molecular complexity index is 384. The fourth-order valence-corrected chi connectivity index (χ4v) is 1.17. The van der Waals surface area contributed by atoms with E-state index in [-0.39, 0.29) is 11.3 Å². The second kappa shape index (κ2) is 4.05. The highest BCUT2D eigenvalue weighted by Gasteiger charge is 2.19. The number of ether oxygens (including phenoxy) is 1. The molecular weight excluding hydrogens is 188 g/mol. The Morgan fingerprint density at radius 2 is 2.07 bits per heavy atom. The zero-order valence-electron chi connectivity index (χ0n) is 7.84. The number of methoxy groups -OCH3 is 1. The smallest absolute Gasteiger partial charge is 0.172 e. The van der Waals surface area contributed by atoms with Gasteiger partial charge in [0.15, 0.2) is 11.6 Å². The van der Waals surface area contributed by atoms with Crippen molar-refractivity contribution in [1.29, 1.82) is 5.26 Å². The van der Waals surface area contributed by atoms with Gasteiger partial charge in [0.1, 0.15) is 5.82 Å². The van der Waals surface area contributed by atoms with Crippen molar-refractivity contribution in [2.24, 2.45) is 0 Å². The average molecular weight is 197 g/mol. The van der Waals surface area contributed by atoms with Crippen LogP contribution in [0.15, 0.2) is 12.1 Å². The number of rotatable bonds is 2. The Hall–Kier alpha value is -1.63. The standard InChI is InChI=1S/C10H9F2NO/c1-6(5-13)9-7(11)3-4-8(14-2)10(9)12/h3-4,6H,1-2H3. The van der Waals surface area contributed by atoms with Gasteiger partial charge in [0.05, 0.1) is 19.1 Å². The van der Waals surface area contributed by atoms with E-state index in [0.717, 1.165) is 6.07 Å². The number of nitriles is 1. The van der Waals surface area contributed by atoms with Crippen LogP contribution in [0.3, 0.4) is 0 Å². The van der Waals surface area contributed by atoms with E-state index >= 15 is 0 Å². The van der Waals surface area contributed by atoms with Crippen molar-refractivity contribution in [2.45, 2.75) is 12.8 Å². The summed E-state index contributed by atoms with van der Waals surface area (Å²) < 4.78 is 31.3. The second-order valence-electron chi connectivity index (χ2n) is 2.83. The summed E-state index contributed by atoms with van der Waals surface area (Å²) in [7, 11) is 1.29. The van der Waals surface area contributed by atoms with Crippen LogP contribution in [0.1, 0.15) is 18.4 Å². The molecule has 0 spiro atoms. The Balaban J connectivity index is 3.34. The number of nitrogens with zero attached hydrogens (tertiary/aromatic N) is 1. The SMILES string of the molecule is COc1ccc(F)c(C(C)C#N)c1F. The van der Waals surface area contributed by atoms with Crippen LogP contribution in [0, 0.1) is 23.0 Å². The summed E-state index contributed by atoms with van der Waals surface area (Å²) in [6.45, 7) is 1.43. The van der Waals surface area contributed by atoms with Crippen LogP contribution in [-0.4, -0.2) is 7.11 Å². The highest BCUT2D eigenvalue weighted by Crippen LogP contribution is 2.28. The van der Waals surface area contributed by atoms with Crippen LogP contribution >= 0.6 is 0 Å². The number of hydrogen-bond donors (Lipinski definition) is 0. The van der Waals surface area contributed by atoms with E-state index in [1.54, 1.807) is 6.07 Å². The van der Waals surface area contributed by atoms with Gasteiger partial charge in [-0.25, -0.2) is 8.78 Å². The van der Waals surface area contributed by atoms with Crippen molar-refractivity contribution < 1.29 is 13.5 Å². The maximum absolute atomic E-state index is 13.5. The molecule has 4 heteroatoms. The monoisotopic (exact) mass is 197 g/mol. The molecule has 0 aliphatic heterocycles. The quantitative estimate of drug-likeness (QED) is 0.730. The van der Waals surface area contributed by atoms with E-state index < -0.39 is 17.6 Å². The summed E-state index contributed by atoms with van der Waals surface area (Å²) in [4.78, 5) is 0. The van der Waals surface area contributed by atoms with Crippen LogP contribution in [-0.2, 0) is 0 Å². The lowest BCUT2D eigenvalue weighted by atomic mass is 10.0. The van der Waals surface area contributed by atoms with E-state index in [4.69, 9.17) is 5.26 Å². The maximum atomic E-state index is 13.5. The first-order valence-corrected chi connectivity index (χ1v) is 4.03. The van der Waals surface area contributed by atoms with Crippen molar-refractivity contribution in [3.8, 4) is 11.8 Å². The van der Waals surface area contributed by atoms with Gasteiger partial charge >= 0.3 is 0 Å². The number of halogens is 2. The van der Waals surface area contributed by atoms with Gasteiger partial charge < -0.3 is 4.74 Å². The third kappa shape index (κ3) is 1.67. The molecule has 0 bridgehead atoms. The largest absolute Gasteiger partial charge is 0.494 e. The number of benzene rings is 1. The lowest BCUT2D eigenvalue weighted by molar-refractivity contribution is 0.380. The van der Waals surface area contributed by atoms with Gasteiger partial charge in [-0.3, -0.25) is 0 Å². The van der Waals surface area contributed by atoms with Crippen LogP contribution in [0.25, 0.3) is 0 Å². The van der Waals surface area contributed by atoms with E-state index in [9.17, 15) is 8.78 Å². The van der Waals surface area contributed by atoms with Crippen molar-refractivity contribution in [3.63, 3.8) is 0 Å². The molecule has 0 fully saturated rings. The molecule has 0 heterocycles. The molecule has 0 saturated carbocycles. The molecular formula is C10H9F2NO. The van der Waals surface area contributed by atoms with E-state index in [0.29, 0.717) is 0 Å². The molecule has 1 rings (SSSR count). The molecule has 0 radical (unpaired) electrons. The van der Waals surface area contributed by atoms with Crippen LogP contribution < -0.4 is 4.74 Å². The Kier molecular flexibility index (Phi) is 3.03. The molecule has 0 aromatic heterocycles. The van der Waals surface area contributed by atoms with Crippen molar-refractivity contribution in [1.82, 2.24) is 0 Å². The minimum absolute atomic E-state index is 0.0523. The van der Waals surface area contributed by atoms with Crippen molar-refractivity contribution >= 4 is 0 Å². The van der Waals surface area contributed by atoms with E-state index in [2.05, 4.69) is 4.74 Å². The summed E-state index contributed by atoms with van der Waals surface area (Å²) in [5.74, 6) is -2.41. The molecule has 0 N–H and O–H groups in total. The van der Waals surface area contributed by atoms with Crippen molar-refractivity contribution in [3.05, 3.63) is 29.3 Å². The van der Waals surface area contributed by atoms with Crippen LogP contribution in [0.5, 0.6) is 5.75 Å². The van der Waals surface area contributed by atoms with Crippen LogP contribution in [0.2, 0.25) is 0 Å². The Labute approximate surface area is 80.7 Å². The van der Waals surface area contributed by atoms with Gasteiger partial charge in [-0.1, -0.05) is 0 Å². The van der Waals surface area contributed by atoms with Gasteiger partial charge in [-0.2, -0.15) is 5.26 Å². The molecule has 2 nitrogen and oxygen atoms in total. The molecule has 0 amide bonds. The fourth-order valence-electron chi connectivity index (χ4n) is 1.17. The molecule has 14 heavy (non-hydrogen) atoms. The topological polar surface area (TPSA) is 33.0 Å². The van der Waals surface area contributed by atoms with Gasteiger partial charge in [0.2, 0.25) is 0 Å². The molecule has 1 unspecified atom stereocenters. The molecule has 0 aliphatic carbocycles. The summed E-state index contributed by atoms with van der Waals surface area (Å²) >= 11 is 0. The second-order valence-corrected chi connectivity index (χ2v) is 2.83. The Morgan fingerprint density at radius 1 is 1.43 bits per heavy atom. The minimum atomic E-state index is -0.829. The summed E-state index contributed by atoms with van der Waals surface area (Å²) in [5, 5.41) is 8.58. The van der Waals surface area contributed by atoms with Gasteiger partial charge in [0, 0.05) is 5.56 Å². The fraction of sp³-hybridized carbons (Fsp3) is 0.300. The van der Waals surface area contributed by atoms with Gasteiger partial charge in [0.25, 0.3) is 0 Å². The third-order valence-electron chi connectivity index (χ3n) is 1.94. The minimum Gasteiger partial charge on any atom is -0.494 e. The highest BCUT2D eigenvalue weighted by molar-refractivity contribution is 5.36. The molecule has 0 saturated heterocycles. The van der Waals surface area contributed by atoms with Gasteiger partial charge in [-0.15, -0.1) is 0 Å². The lowest BCUT2D eigenvalue weighted by Gasteiger charge is -2.09. The van der Waals surface area contributed by atoms with Crippen LogP contribution in [0.4, 0.5) is 8.78 Å². The first-order chi connectivity index (χ1) is 6.61. The normalized spacial score (nSPS) is 11.9. The summed E-state index contributed by atoms with van der Waals surface area (Å²) in [6.07, 6.45) is 0. The summed E-state index contributed by atoms with van der Waals surface area (Å²) in [5.41, 5.74) is -0.244. The van der Waals surface area contributed by atoms with E-state index in [1.807, 2.05) is 0 Å². The predicted molar refractivity (Wildman–Crippen MR) is 46.9 cm³/mol. The molecule has 1 aromatic rings. The average Bonchev–Trinajstić information content (AvgIpc) is 2.18. The zero-order valence-corrected chi connectivity index (χ0v) is 7.84. The van der Waals surface area contributed by atoms with Crippen molar-refractivity contribution in [2.75, 3.05) is 7.11 Å². The highest BCUT2D eigenvalue weighted by atomic mass is 19.1. The molecule has 0 aliphatic rings. The number of hydrogen-bond acceptors (Lipinski definition) is 2. The maximum Gasteiger partial charge on any atom is 0.172 e. The predicted octanol–water partition coefficient (Wildman–Crippen LogP) is 2.60. The summed E-state index contributed by atoms with van der Waals surface area (Å²) in [6, 6.07) is 4.06. The molecule has 1 atom stereocenters. The van der Waals surface area contributed by atoms with Gasteiger partial charge in [-0.05, 0) is 19.1 Å².